The van der Waals surface area contributed by atoms with E-state index in [4.69, 9.17) is 5.11 Å². The van der Waals surface area contributed by atoms with E-state index in [0.717, 1.165) is 36.9 Å². The van der Waals surface area contributed by atoms with Gasteiger partial charge in [-0.2, -0.15) is 0 Å². The van der Waals surface area contributed by atoms with Crippen LogP contribution in [0.15, 0.2) is 5.38 Å². The number of piperidine rings is 1. The number of carbonyl (C=O) groups is 2. The van der Waals surface area contributed by atoms with Gasteiger partial charge in [-0.05, 0) is 18.8 Å². The molecule has 2 heterocycles. The lowest BCUT2D eigenvalue weighted by Crippen LogP contribution is -2.44. The summed E-state index contributed by atoms with van der Waals surface area (Å²) >= 11 is 1.31. The molecule has 21 heavy (non-hydrogen) atoms. The second-order valence-corrected chi connectivity index (χ2v) is 6.19. The highest BCUT2D eigenvalue weighted by Crippen LogP contribution is 2.19. The number of carboxylic acid groups (broad SMARTS) is 1. The molecular formula is C14H21N3O3S. The number of nitrogens with one attached hydrogen (secondary N) is 1. The van der Waals surface area contributed by atoms with Gasteiger partial charge in [0, 0.05) is 31.4 Å². The SMILES string of the molecule is CCC1CCN(C(=O)NCCc2nc(C(=O)O)cs2)CC1. The molecule has 1 aliphatic heterocycles. The third-order valence-corrected chi connectivity index (χ3v) is 4.77. The number of hydrogen-bond acceptors (Lipinski definition) is 4. The topological polar surface area (TPSA) is 82.5 Å². The van der Waals surface area contributed by atoms with Gasteiger partial charge in [-0.3, -0.25) is 0 Å². The zero-order chi connectivity index (χ0) is 15.2. The zero-order valence-electron chi connectivity index (χ0n) is 12.2. The van der Waals surface area contributed by atoms with Crippen LogP contribution < -0.4 is 5.32 Å². The maximum atomic E-state index is 12.0. The summed E-state index contributed by atoms with van der Waals surface area (Å²) in [5.41, 5.74) is 0.0722. The van der Waals surface area contributed by atoms with Gasteiger partial charge in [0.1, 0.15) is 0 Å². The van der Waals surface area contributed by atoms with Gasteiger partial charge in [-0.25, -0.2) is 14.6 Å². The molecule has 0 atom stereocenters. The molecule has 1 aliphatic rings. The Morgan fingerprint density at radius 2 is 2.19 bits per heavy atom. The Hall–Kier alpha value is -1.63. The molecular weight excluding hydrogens is 290 g/mol. The lowest BCUT2D eigenvalue weighted by atomic mass is 9.95. The average molecular weight is 311 g/mol. The maximum absolute atomic E-state index is 12.0. The predicted octanol–water partition coefficient (Wildman–Crippen LogP) is 2.22. The van der Waals surface area contributed by atoms with Gasteiger partial charge >= 0.3 is 12.0 Å². The fourth-order valence-corrected chi connectivity index (χ4v) is 3.23. The summed E-state index contributed by atoms with van der Waals surface area (Å²) in [6, 6.07) is -0.0282. The molecule has 0 saturated carbocycles. The molecule has 0 aromatic carbocycles. The Morgan fingerprint density at radius 3 is 2.76 bits per heavy atom. The number of urea groups is 1. The third-order valence-electron chi connectivity index (χ3n) is 3.87. The molecule has 0 unspecified atom stereocenters. The summed E-state index contributed by atoms with van der Waals surface area (Å²) in [5, 5.41) is 13.9. The van der Waals surface area contributed by atoms with Crippen molar-refractivity contribution in [1.29, 1.82) is 0 Å². The minimum Gasteiger partial charge on any atom is -0.476 e. The van der Waals surface area contributed by atoms with Crippen molar-refractivity contribution in [3.8, 4) is 0 Å². The first-order chi connectivity index (χ1) is 10.1. The molecule has 2 N–H and O–H groups in total. The number of rotatable bonds is 5. The van der Waals surface area contributed by atoms with Gasteiger partial charge < -0.3 is 15.3 Å². The molecule has 1 aromatic rings. The number of amides is 2. The van der Waals surface area contributed by atoms with Crippen molar-refractivity contribution < 1.29 is 14.7 Å². The molecule has 1 aromatic heterocycles. The molecule has 0 radical (unpaired) electrons. The van der Waals surface area contributed by atoms with Gasteiger partial charge in [-0.15, -0.1) is 11.3 Å². The zero-order valence-corrected chi connectivity index (χ0v) is 13.0. The summed E-state index contributed by atoms with van der Waals surface area (Å²) in [6.07, 6.45) is 3.91. The van der Waals surface area contributed by atoms with Crippen LogP contribution in [0.3, 0.4) is 0 Å². The first-order valence-electron chi connectivity index (χ1n) is 7.30. The van der Waals surface area contributed by atoms with Crippen molar-refractivity contribution in [2.75, 3.05) is 19.6 Å². The molecule has 0 bridgehead atoms. The average Bonchev–Trinajstić information content (AvgIpc) is 2.96. The summed E-state index contributed by atoms with van der Waals surface area (Å²) in [6.45, 7) is 4.33. The largest absolute Gasteiger partial charge is 0.476 e. The van der Waals surface area contributed by atoms with E-state index in [1.165, 1.54) is 23.1 Å². The number of carboxylic acids is 1. The summed E-state index contributed by atoms with van der Waals surface area (Å²) in [7, 11) is 0. The fraction of sp³-hybridized carbons (Fsp3) is 0.643. The maximum Gasteiger partial charge on any atom is 0.355 e. The molecule has 6 nitrogen and oxygen atoms in total. The van der Waals surface area contributed by atoms with Crippen LogP contribution in [0, 0.1) is 5.92 Å². The van der Waals surface area contributed by atoms with Gasteiger partial charge in [-0.1, -0.05) is 13.3 Å². The van der Waals surface area contributed by atoms with E-state index in [9.17, 15) is 9.59 Å². The Balaban J connectivity index is 1.70. The van der Waals surface area contributed by atoms with Crippen LogP contribution in [0.2, 0.25) is 0 Å². The van der Waals surface area contributed by atoms with E-state index in [1.807, 2.05) is 4.90 Å². The summed E-state index contributed by atoms with van der Waals surface area (Å²) < 4.78 is 0. The molecule has 116 valence electrons. The molecule has 0 aliphatic carbocycles. The normalized spacial score (nSPS) is 16.0. The molecule has 2 amide bonds. The van der Waals surface area contributed by atoms with Gasteiger partial charge in [0.15, 0.2) is 5.69 Å². The van der Waals surface area contributed by atoms with Crippen molar-refractivity contribution >= 4 is 23.3 Å². The summed E-state index contributed by atoms with van der Waals surface area (Å²) in [5.74, 6) is -0.265. The van der Waals surface area contributed by atoms with Crippen LogP contribution in [0.25, 0.3) is 0 Å². The Bertz CT molecular complexity index is 495. The van der Waals surface area contributed by atoms with Crippen LogP contribution in [-0.4, -0.2) is 46.6 Å². The van der Waals surface area contributed by atoms with Crippen molar-refractivity contribution in [3.63, 3.8) is 0 Å². The number of likely N-dealkylation sites (tertiary alicyclic amines) is 1. The minimum absolute atomic E-state index is 0.0282. The smallest absolute Gasteiger partial charge is 0.355 e. The quantitative estimate of drug-likeness (QED) is 0.873. The van der Waals surface area contributed by atoms with Gasteiger partial charge in [0.2, 0.25) is 0 Å². The van der Waals surface area contributed by atoms with Crippen LogP contribution in [0.1, 0.15) is 41.7 Å². The number of aromatic nitrogens is 1. The van der Waals surface area contributed by atoms with E-state index in [1.54, 1.807) is 0 Å². The van der Waals surface area contributed by atoms with Crippen LogP contribution in [0.4, 0.5) is 4.79 Å². The lowest BCUT2D eigenvalue weighted by Gasteiger charge is -2.31. The monoisotopic (exact) mass is 311 g/mol. The van der Waals surface area contributed by atoms with E-state index >= 15 is 0 Å². The molecule has 2 rings (SSSR count). The molecule has 0 spiro atoms. The predicted molar refractivity (Wildman–Crippen MR) is 80.8 cm³/mol. The molecule has 1 fully saturated rings. The first-order valence-corrected chi connectivity index (χ1v) is 8.18. The van der Waals surface area contributed by atoms with E-state index < -0.39 is 5.97 Å². The second kappa shape index (κ2) is 7.40. The number of thiazole rings is 1. The van der Waals surface area contributed by atoms with Gasteiger partial charge in [0.05, 0.1) is 5.01 Å². The van der Waals surface area contributed by atoms with Crippen LogP contribution in [-0.2, 0) is 6.42 Å². The number of nitrogens with zero attached hydrogens (tertiary/aromatic N) is 2. The Labute approximate surface area is 128 Å². The lowest BCUT2D eigenvalue weighted by molar-refractivity contribution is 0.0691. The molecule has 7 heteroatoms. The van der Waals surface area contributed by atoms with Crippen molar-refractivity contribution in [2.24, 2.45) is 5.92 Å². The van der Waals surface area contributed by atoms with Crippen molar-refractivity contribution in [2.45, 2.75) is 32.6 Å². The van der Waals surface area contributed by atoms with Crippen molar-refractivity contribution in [1.82, 2.24) is 15.2 Å². The van der Waals surface area contributed by atoms with Gasteiger partial charge in [0.25, 0.3) is 0 Å². The summed E-state index contributed by atoms with van der Waals surface area (Å²) in [4.78, 5) is 28.6. The highest BCUT2D eigenvalue weighted by atomic mass is 32.1. The highest BCUT2D eigenvalue weighted by Gasteiger charge is 2.21. The molecule has 1 saturated heterocycles. The second-order valence-electron chi connectivity index (χ2n) is 5.25. The van der Waals surface area contributed by atoms with Crippen LogP contribution in [0.5, 0.6) is 0 Å². The third kappa shape index (κ3) is 4.42. The number of hydrogen-bond donors (Lipinski definition) is 2. The highest BCUT2D eigenvalue weighted by molar-refractivity contribution is 7.09. The van der Waals surface area contributed by atoms with Crippen LogP contribution >= 0.6 is 11.3 Å². The number of carbonyl (C=O) groups excluding carboxylic acids is 1. The first kappa shape index (κ1) is 15.8. The Morgan fingerprint density at radius 1 is 1.48 bits per heavy atom. The Kier molecular flexibility index (Phi) is 5.55. The minimum atomic E-state index is -1.01. The standard InChI is InChI=1S/C14H21N3O3S/c1-2-10-4-7-17(8-5-10)14(20)15-6-3-12-16-11(9-21-12)13(18)19/h9-10H,2-8H2,1H3,(H,15,20)(H,18,19). The van der Waals surface area contributed by atoms with E-state index in [-0.39, 0.29) is 11.7 Å². The number of aromatic carboxylic acids is 1. The van der Waals surface area contributed by atoms with E-state index in [0.29, 0.717) is 13.0 Å². The fourth-order valence-electron chi connectivity index (χ4n) is 2.46. The van der Waals surface area contributed by atoms with E-state index in [2.05, 4.69) is 17.2 Å². The van der Waals surface area contributed by atoms with Crippen molar-refractivity contribution in [3.05, 3.63) is 16.1 Å².